The van der Waals surface area contributed by atoms with Gasteiger partial charge in [0.2, 0.25) is 0 Å². The predicted molar refractivity (Wildman–Crippen MR) is 58.4 cm³/mol. The van der Waals surface area contributed by atoms with E-state index in [9.17, 15) is 0 Å². The summed E-state index contributed by atoms with van der Waals surface area (Å²) in [5.74, 6) is 0.954. The molecule has 82 valence electrons. The van der Waals surface area contributed by atoms with Gasteiger partial charge in [-0.15, -0.1) is 0 Å². The van der Waals surface area contributed by atoms with E-state index in [1.54, 1.807) is 0 Å². The van der Waals surface area contributed by atoms with Gasteiger partial charge in [0, 0.05) is 25.2 Å². The molecule has 2 saturated heterocycles. The summed E-state index contributed by atoms with van der Waals surface area (Å²) in [6.45, 7) is 7.44. The third-order valence-corrected chi connectivity index (χ3v) is 3.82. The normalized spacial score (nSPS) is 37.7. The molecule has 0 radical (unpaired) electrons. The molecule has 2 nitrogen and oxygen atoms in total. The Balaban J connectivity index is 1.82. The van der Waals surface area contributed by atoms with E-state index in [1.807, 2.05) is 0 Å². The minimum absolute atomic E-state index is 0.861. The van der Waals surface area contributed by atoms with Crippen molar-refractivity contribution in [2.45, 2.75) is 51.6 Å². The second-order valence-corrected chi connectivity index (χ2v) is 4.90. The predicted octanol–water partition coefficient (Wildman–Crippen LogP) is 2.29. The van der Waals surface area contributed by atoms with Gasteiger partial charge in [0.1, 0.15) is 0 Å². The lowest BCUT2D eigenvalue weighted by Crippen LogP contribution is -2.43. The number of ether oxygens (including phenoxy) is 1. The molecule has 2 heteroatoms. The molecule has 2 bridgehead atoms. The number of fused-ring (bicyclic) bond motifs is 2. The largest absolute Gasteiger partial charge is 0.380 e. The number of rotatable bonds is 4. The molecule has 0 saturated carbocycles. The highest BCUT2D eigenvalue weighted by Gasteiger charge is 2.38. The van der Waals surface area contributed by atoms with Gasteiger partial charge in [0.15, 0.2) is 0 Å². The SMILES string of the molecule is CCOCCN1C2CCC1CC(C)C2. The average molecular weight is 197 g/mol. The van der Waals surface area contributed by atoms with Crippen molar-refractivity contribution in [3.05, 3.63) is 0 Å². The fourth-order valence-corrected chi connectivity index (χ4v) is 3.23. The van der Waals surface area contributed by atoms with E-state index in [0.717, 1.165) is 37.8 Å². The molecule has 0 amide bonds. The van der Waals surface area contributed by atoms with Crippen molar-refractivity contribution < 1.29 is 4.74 Å². The first-order chi connectivity index (χ1) is 6.81. The first-order valence-electron chi connectivity index (χ1n) is 6.14. The van der Waals surface area contributed by atoms with E-state index in [2.05, 4.69) is 18.7 Å². The topological polar surface area (TPSA) is 12.5 Å². The van der Waals surface area contributed by atoms with Crippen LogP contribution >= 0.6 is 0 Å². The van der Waals surface area contributed by atoms with Gasteiger partial charge in [-0.2, -0.15) is 0 Å². The van der Waals surface area contributed by atoms with Gasteiger partial charge in [0.25, 0.3) is 0 Å². The van der Waals surface area contributed by atoms with Gasteiger partial charge in [-0.05, 0) is 38.5 Å². The van der Waals surface area contributed by atoms with Crippen molar-refractivity contribution in [1.82, 2.24) is 4.90 Å². The Morgan fingerprint density at radius 2 is 1.86 bits per heavy atom. The highest BCUT2D eigenvalue weighted by atomic mass is 16.5. The van der Waals surface area contributed by atoms with E-state index in [1.165, 1.54) is 25.7 Å². The molecule has 2 aliphatic heterocycles. The van der Waals surface area contributed by atoms with Crippen molar-refractivity contribution in [2.24, 2.45) is 5.92 Å². The van der Waals surface area contributed by atoms with Crippen LogP contribution in [0.1, 0.15) is 39.5 Å². The Hall–Kier alpha value is -0.0800. The van der Waals surface area contributed by atoms with E-state index in [-0.39, 0.29) is 0 Å². The molecule has 0 aliphatic carbocycles. The fourth-order valence-electron chi connectivity index (χ4n) is 3.23. The molecule has 2 aliphatic rings. The van der Waals surface area contributed by atoms with Crippen LogP contribution < -0.4 is 0 Å². The maximum atomic E-state index is 5.45. The lowest BCUT2D eigenvalue weighted by molar-refractivity contribution is 0.0595. The third kappa shape index (κ3) is 2.12. The van der Waals surface area contributed by atoms with E-state index < -0.39 is 0 Å². The zero-order chi connectivity index (χ0) is 9.97. The smallest absolute Gasteiger partial charge is 0.0593 e. The Kier molecular flexibility index (Phi) is 3.45. The molecule has 2 fully saturated rings. The van der Waals surface area contributed by atoms with Crippen LogP contribution in [0.3, 0.4) is 0 Å². The Morgan fingerprint density at radius 1 is 1.21 bits per heavy atom. The van der Waals surface area contributed by atoms with Crippen LogP contribution in [-0.4, -0.2) is 36.7 Å². The molecule has 0 spiro atoms. The Labute approximate surface area is 87.6 Å². The quantitative estimate of drug-likeness (QED) is 0.641. The maximum Gasteiger partial charge on any atom is 0.0593 e. The second-order valence-electron chi connectivity index (χ2n) is 4.90. The number of nitrogens with zero attached hydrogens (tertiary/aromatic N) is 1. The van der Waals surface area contributed by atoms with E-state index >= 15 is 0 Å². The molecular weight excluding hydrogens is 174 g/mol. The van der Waals surface area contributed by atoms with Gasteiger partial charge < -0.3 is 4.74 Å². The van der Waals surface area contributed by atoms with Crippen molar-refractivity contribution in [2.75, 3.05) is 19.8 Å². The number of hydrogen-bond donors (Lipinski definition) is 0. The van der Waals surface area contributed by atoms with Crippen molar-refractivity contribution in [1.29, 1.82) is 0 Å². The van der Waals surface area contributed by atoms with Gasteiger partial charge in [-0.3, -0.25) is 4.90 Å². The monoisotopic (exact) mass is 197 g/mol. The molecule has 0 aromatic rings. The minimum Gasteiger partial charge on any atom is -0.380 e. The highest BCUT2D eigenvalue weighted by molar-refractivity contribution is 4.93. The van der Waals surface area contributed by atoms with Crippen LogP contribution in [0.5, 0.6) is 0 Å². The van der Waals surface area contributed by atoms with Crippen LogP contribution in [-0.2, 0) is 4.74 Å². The molecular formula is C12H23NO. The molecule has 0 N–H and O–H groups in total. The highest BCUT2D eigenvalue weighted by Crippen LogP contribution is 2.37. The Bertz CT molecular complexity index is 169. The van der Waals surface area contributed by atoms with Crippen molar-refractivity contribution in [3.8, 4) is 0 Å². The van der Waals surface area contributed by atoms with E-state index in [0.29, 0.717) is 0 Å². The maximum absolute atomic E-state index is 5.45. The standard InChI is InChI=1S/C12H23NO/c1-3-14-7-6-13-11-4-5-12(13)9-10(2)8-11/h10-12H,3-9H2,1-2H3. The summed E-state index contributed by atoms with van der Waals surface area (Å²) in [6.07, 6.45) is 5.70. The van der Waals surface area contributed by atoms with Crippen LogP contribution in [0.2, 0.25) is 0 Å². The van der Waals surface area contributed by atoms with E-state index in [4.69, 9.17) is 4.74 Å². The van der Waals surface area contributed by atoms with Crippen LogP contribution in [0.15, 0.2) is 0 Å². The first-order valence-corrected chi connectivity index (χ1v) is 6.14. The summed E-state index contributed by atoms with van der Waals surface area (Å²) in [4.78, 5) is 2.70. The van der Waals surface area contributed by atoms with Crippen LogP contribution in [0, 0.1) is 5.92 Å². The van der Waals surface area contributed by atoms with Gasteiger partial charge in [-0.1, -0.05) is 6.92 Å². The van der Waals surface area contributed by atoms with Gasteiger partial charge >= 0.3 is 0 Å². The number of piperidine rings is 1. The summed E-state index contributed by atoms with van der Waals surface area (Å²) in [5, 5.41) is 0. The summed E-state index contributed by atoms with van der Waals surface area (Å²) in [6, 6.07) is 1.76. The molecule has 0 aromatic heterocycles. The molecule has 14 heavy (non-hydrogen) atoms. The van der Waals surface area contributed by atoms with Gasteiger partial charge in [-0.25, -0.2) is 0 Å². The van der Waals surface area contributed by atoms with Crippen molar-refractivity contribution in [3.63, 3.8) is 0 Å². The number of hydrogen-bond acceptors (Lipinski definition) is 2. The Morgan fingerprint density at radius 3 is 2.43 bits per heavy atom. The van der Waals surface area contributed by atoms with Gasteiger partial charge in [0.05, 0.1) is 6.61 Å². The fraction of sp³-hybridized carbons (Fsp3) is 1.00. The first kappa shape index (κ1) is 10.4. The summed E-state index contributed by atoms with van der Waals surface area (Å²) < 4.78 is 5.45. The molecule has 2 atom stereocenters. The van der Waals surface area contributed by atoms with Crippen LogP contribution in [0.25, 0.3) is 0 Å². The summed E-state index contributed by atoms with van der Waals surface area (Å²) in [5.41, 5.74) is 0. The third-order valence-electron chi connectivity index (χ3n) is 3.82. The lowest BCUT2D eigenvalue weighted by Gasteiger charge is -2.37. The minimum atomic E-state index is 0.861. The molecule has 0 aromatic carbocycles. The molecule has 2 rings (SSSR count). The summed E-state index contributed by atoms with van der Waals surface area (Å²) in [7, 11) is 0. The van der Waals surface area contributed by atoms with Crippen LogP contribution in [0.4, 0.5) is 0 Å². The zero-order valence-electron chi connectivity index (χ0n) is 9.54. The average Bonchev–Trinajstić information content (AvgIpc) is 2.42. The zero-order valence-corrected chi connectivity index (χ0v) is 9.54. The molecule has 2 unspecified atom stereocenters. The molecule has 2 heterocycles. The second kappa shape index (κ2) is 4.63. The summed E-state index contributed by atoms with van der Waals surface area (Å²) >= 11 is 0. The lowest BCUT2D eigenvalue weighted by atomic mass is 9.92. The van der Waals surface area contributed by atoms with Crippen molar-refractivity contribution >= 4 is 0 Å².